The van der Waals surface area contributed by atoms with Crippen molar-refractivity contribution >= 4 is 29.1 Å². The number of nitrogens with one attached hydrogen (secondary N) is 1. The molecule has 0 unspecified atom stereocenters. The number of thiophene rings is 1. The first-order valence-electron chi connectivity index (χ1n) is 6.16. The van der Waals surface area contributed by atoms with Crippen LogP contribution in [-0.2, 0) is 6.54 Å². The van der Waals surface area contributed by atoms with Crippen molar-refractivity contribution in [2.45, 2.75) is 6.54 Å². The maximum Gasteiger partial charge on any atom is 0.275 e. The smallest absolute Gasteiger partial charge is 0.275 e. The minimum absolute atomic E-state index is 0.148. The van der Waals surface area contributed by atoms with E-state index in [1.54, 1.807) is 36.4 Å². The van der Waals surface area contributed by atoms with Gasteiger partial charge in [-0.15, -0.1) is 11.3 Å². The number of nitrogens with zero attached hydrogens (tertiary/aromatic N) is 1. The van der Waals surface area contributed by atoms with Gasteiger partial charge in [0, 0.05) is 4.88 Å². The van der Waals surface area contributed by atoms with Gasteiger partial charge < -0.3 is 0 Å². The summed E-state index contributed by atoms with van der Waals surface area (Å²) in [5, 5.41) is 0. The van der Waals surface area contributed by atoms with Crippen LogP contribution in [0.3, 0.4) is 0 Å². The minimum atomic E-state index is -0.395. The van der Waals surface area contributed by atoms with E-state index in [2.05, 4.69) is 0 Å². The molecular weight excluding hydrogens is 290 g/mol. The first kappa shape index (κ1) is 13.5. The molecule has 0 aliphatic carbocycles. The molecule has 0 atom stereocenters. The molecule has 21 heavy (non-hydrogen) atoms. The van der Waals surface area contributed by atoms with Gasteiger partial charge in [-0.25, -0.2) is 5.84 Å². The lowest BCUT2D eigenvalue weighted by atomic mass is 10.1. The monoisotopic (exact) mass is 301 g/mol. The van der Waals surface area contributed by atoms with Crippen LogP contribution in [0.5, 0.6) is 0 Å². The zero-order valence-corrected chi connectivity index (χ0v) is 11.6. The van der Waals surface area contributed by atoms with E-state index in [-0.39, 0.29) is 18.4 Å². The molecule has 7 heteroatoms. The van der Waals surface area contributed by atoms with Crippen LogP contribution < -0.4 is 11.3 Å². The van der Waals surface area contributed by atoms with Crippen molar-refractivity contribution in [3.05, 3.63) is 57.3 Å². The quantitative estimate of drug-likeness (QED) is 0.385. The average Bonchev–Trinajstić information content (AvgIpc) is 3.07. The van der Waals surface area contributed by atoms with Gasteiger partial charge in [0.05, 0.1) is 22.5 Å². The standard InChI is InChI=1S/C14H11N3O3S/c15-16-12(18)11-6-5-8(21-11)7-17-13(19)9-3-1-2-4-10(9)14(17)20/h1-6H,7,15H2,(H,16,18). The van der Waals surface area contributed by atoms with Crippen LogP contribution in [0.4, 0.5) is 0 Å². The van der Waals surface area contributed by atoms with Crippen molar-refractivity contribution in [3.63, 3.8) is 0 Å². The lowest BCUT2D eigenvalue weighted by Crippen LogP contribution is -2.29. The highest BCUT2D eigenvalue weighted by molar-refractivity contribution is 7.14. The molecule has 2 aromatic rings. The number of hydrazine groups is 1. The normalized spacial score (nSPS) is 13.5. The molecule has 0 spiro atoms. The molecule has 0 saturated carbocycles. The summed E-state index contributed by atoms with van der Waals surface area (Å²) in [6.07, 6.45) is 0. The number of carbonyl (C=O) groups excluding carboxylic acids is 3. The van der Waals surface area contributed by atoms with Crippen LogP contribution in [0.1, 0.15) is 35.3 Å². The largest absolute Gasteiger partial charge is 0.289 e. The van der Waals surface area contributed by atoms with E-state index in [0.29, 0.717) is 16.0 Å². The number of amides is 3. The number of imide groups is 1. The van der Waals surface area contributed by atoms with Crippen molar-refractivity contribution in [1.29, 1.82) is 0 Å². The van der Waals surface area contributed by atoms with Gasteiger partial charge in [-0.05, 0) is 24.3 Å². The lowest BCUT2D eigenvalue weighted by Gasteiger charge is -2.11. The summed E-state index contributed by atoms with van der Waals surface area (Å²) in [6.45, 7) is 0.148. The third-order valence-corrected chi connectivity index (χ3v) is 4.28. The highest BCUT2D eigenvalue weighted by atomic mass is 32.1. The summed E-state index contributed by atoms with van der Waals surface area (Å²) in [5.41, 5.74) is 2.88. The van der Waals surface area contributed by atoms with E-state index in [9.17, 15) is 14.4 Å². The number of nitrogens with two attached hydrogens (primary N) is 1. The molecule has 1 aromatic carbocycles. The van der Waals surface area contributed by atoms with Crippen LogP contribution >= 0.6 is 11.3 Å². The second kappa shape index (κ2) is 5.12. The van der Waals surface area contributed by atoms with Crippen LogP contribution in [0.15, 0.2) is 36.4 Å². The first-order chi connectivity index (χ1) is 10.1. The Hall–Kier alpha value is -2.51. The van der Waals surface area contributed by atoms with E-state index in [1.807, 2.05) is 5.43 Å². The average molecular weight is 301 g/mol. The van der Waals surface area contributed by atoms with E-state index >= 15 is 0 Å². The van der Waals surface area contributed by atoms with Gasteiger partial charge in [0.15, 0.2) is 0 Å². The molecule has 0 saturated heterocycles. The zero-order valence-electron chi connectivity index (χ0n) is 10.8. The van der Waals surface area contributed by atoms with Crippen LogP contribution in [0.25, 0.3) is 0 Å². The third-order valence-electron chi connectivity index (χ3n) is 3.21. The second-order valence-corrected chi connectivity index (χ2v) is 5.65. The summed E-state index contributed by atoms with van der Waals surface area (Å²) in [6, 6.07) is 10.0. The molecule has 1 aliphatic rings. The Morgan fingerprint density at radius 1 is 1.10 bits per heavy atom. The number of carbonyl (C=O) groups is 3. The Kier molecular flexibility index (Phi) is 3.28. The zero-order chi connectivity index (χ0) is 15.0. The number of rotatable bonds is 3. The van der Waals surface area contributed by atoms with Gasteiger partial charge in [0.25, 0.3) is 17.7 Å². The topological polar surface area (TPSA) is 92.5 Å². The minimum Gasteiger partial charge on any atom is -0.289 e. The Bertz CT molecular complexity index is 718. The van der Waals surface area contributed by atoms with Crippen LogP contribution in [0.2, 0.25) is 0 Å². The summed E-state index contributed by atoms with van der Waals surface area (Å²) in [5.74, 6) is 4.05. The number of fused-ring (bicyclic) bond motifs is 1. The van der Waals surface area contributed by atoms with Crippen molar-refractivity contribution in [3.8, 4) is 0 Å². The highest BCUT2D eigenvalue weighted by Crippen LogP contribution is 2.26. The predicted octanol–water partition coefficient (Wildman–Crippen LogP) is 1.15. The van der Waals surface area contributed by atoms with Crippen LogP contribution in [0, 0.1) is 0 Å². The van der Waals surface area contributed by atoms with Gasteiger partial charge >= 0.3 is 0 Å². The van der Waals surface area contributed by atoms with Gasteiger partial charge in [-0.3, -0.25) is 24.7 Å². The van der Waals surface area contributed by atoms with Crippen molar-refractivity contribution in [2.24, 2.45) is 5.84 Å². The maximum absolute atomic E-state index is 12.2. The molecule has 106 valence electrons. The lowest BCUT2D eigenvalue weighted by molar-refractivity contribution is 0.0643. The number of nitrogen functional groups attached to an aromatic ring is 1. The van der Waals surface area contributed by atoms with Gasteiger partial charge in [0.1, 0.15) is 0 Å². The molecule has 3 amide bonds. The molecule has 6 nitrogen and oxygen atoms in total. The number of benzene rings is 1. The highest BCUT2D eigenvalue weighted by Gasteiger charge is 2.35. The van der Waals surface area contributed by atoms with Crippen molar-refractivity contribution < 1.29 is 14.4 Å². The molecule has 0 fully saturated rings. The SMILES string of the molecule is NNC(=O)c1ccc(CN2C(=O)c3ccccc3C2=O)s1. The van der Waals surface area contributed by atoms with E-state index in [4.69, 9.17) is 5.84 Å². The van der Waals surface area contributed by atoms with Gasteiger partial charge in [-0.1, -0.05) is 12.1 Å². The maximum atomic E-state index is 12.2. The molecule has 2 heterocycles. The molecule has 1 aliphatic heterocycles. The molecule has 1 aromatic heterocycles. The van der Waals surface area contributed by atoms with E-state index in [0.717, 1.165) is 4.88 Å². The van der Waals surface area contributed by atoms with E-state index in [1.165, 1.54) is 16.2 Å². The summed E-state index contributed by atoms with van der Waals surface area (Å²) < 4.78 is 0. The predicted molar refractivity (Wildman–Crippen MR) is 76.6 cm³/mol. The Morgan fingerprint density at radius 3 is 2.29 bits per heavy atom. The summed E-state index contributed by atoms with van der Waals surface area (Å²) >= 11 is 1.20. The second-order valence-electron chi connectivity index (χ2n) is 4.48. The fraction of sp³-hybridized carbons (Fsp3) is 0.0714. The molecule has 0 radical (unpaired) electrons. The summed E-state index contributed by atoms with van der Waals surface area (Å²) in [4.78, 5) is 38.2. The van der Waals surface area contributed by atoms with Crippen molar-refractivity contribution in [2.75, 3.05) is 0 Å². The summed E-state index contributed by atoms with van der Waals surface area (Å²) in [7, 11) is 0. The molecular formula is C14H11N3O3S. The van der Waals surface area contributed by atoms with E-state index < -0.39 is 5.91 Å². The molecule has 3 rings (SSSR count). The molecule has 3 N–H and O–H groups in total. The fourth-order valence-corrected chi connectivity index (χ4v) is 3.09. The van der Waals surface area contributed by atoms with Crippen molar-refractivity contribution in [1.82, 2.24) is 10.3 Å². The Morgan fingerprint density at radius 2 is 1.71 bits per heavy atom. The molecule has 0 bridgehead atoms. The number of hydrogen-bond donors (Lipinski definition) is 2. The van der Waals surface area contributed by atoms with Gasteiger partial charge in [-0.2, -0.15) is 0 Å². The number of hydrogen-bond acceptors (Lipinski definition) is 5. The van der Waals surface area contributed by atoms with Crippen LogP contribution in [-0.4, -0.2) is 22.6 Å². The fourth-order valence-electron chi connectivity index (χ4n) is 2.19. The Labute approximate surface area is 124 Å². The first-order valence-corrected chi connectivity index (χ1v) is 6.98. The van der Waals surface area contributed by atoms with Gasteiger partial charge in [0.2, 0.25) is 0 Å². The Balaban J connectivity index is 1.84. The third kappa shape index (κ3) is 2.22.